The topological polar surface area (TPSA) is 35.5 Å². The van der Waals surface area contributed by atoms with Crippen molar-refractivity contribution in [1.82, 2.24) is 0 Å². The van der Waals surface area contributed by atoms with Crippen molar-refractivity contribution in [2.45, 2.75) is 83.2 Å². The van der Waals surface area contributed by atoms with Gasteiger partial charge in [-0.1, -0.05) is 18.2 Å². The lowest BCUT2D eigenvalue weighted by Crippen LogP contribution is -2.29. The first kappa shape index (κ1) is 21.0. The Morgan fingerprint density at radius 3 is 2.18 bits per heavy atom. The highest BCUT2D eigenvalue weighted by molar-refractivity contribution is 5.69. The van der Waals surface area contributed by atoms with Gasteiger partial charge in [-0.05, 0) is 100 Å². The molecule has 0 amide bonds. The lowest BCUT2D eigenvalue weighted by molar-refractivity contribution is -0.151. The molecule has 0 aliphatic heterocycles. The second kappa shape index (κ2) is 10.7. The van der Waals surface area contributed by atoms with Gasteiger partial charge in [0.15, 0.2) is 0 Å². The van der Waals surface area contributed by atoms with E-state index >= 15 is 0 Å². The molecule has 28 heavy (non-hydrogen) atoms. The zero-order chi connectivity index (χ0) is 19.8. The molecule has 1 aromatic carbocycles. The fourth-order valence-corrected chi connectivity index (χ4v) is 5.07. The first-order chi connectivity index (χ1) is 13.7. The first-order valence-electron chi connectivity index (χ1n) is 11.2. The van der Waals surface area contributed by atoms with E-state index in [2.05, 4.69) is 30.8 Å². The van der Waals surface area contributed by atoms with E-state index in [-0.39, 0.29) is 12.1 Å². The first-order valence-corrected chi connectivity index (χ1v) is 11.2. The van der Waals surface area contributed by atoms with Crippen LogP contribution in [0.25, 0.3) is 0 Å². The van der Waals surface area contributed by atoms with Crippen molar-refractivity contribution in [3.05, 3.63) is 42.5 Å². The average Bonchev–Trinajstić information content (AvgIpc) is 2.74. The minimum absolute atomic E-state index is 0.0563. The van der Waals surface area contributed by atoms with Gasteiger partial charge in [0.25, 0.3) is 0 Å². The third kappa shape index (κ3) is 5.86. The fourth-order valence-electron chi connectivity index (χ4n) is 5.07. The highest BCUT2D eigenvalue weighted by atomic mass is 16.5. The Hall–Kier alpha value is -1.77. The molecule has 0 radical (unpaired) electrons. The maximum atomic E-state index is 11.8. The number of ether oxygens (including phenoxy) is 2. The van der Waals surface area contributed by atoms with Crippen molar-refractivity contribution < 1.29 is 14.3 Å². The van der Waals surface area contributed by atoms with Crippen LogP contribution in [0, 0.1) is 11.8 Å². The van der Waals surface area contributed by atoms with Gasteiger partial charge in [0.2, 0.25) is 0 Å². The van der Waals surface area contributed by atoms with E-state index < -0.39 is 0 Å². The SMILES string of the molecule is C=CCCC(=O)OC1CCC([C@H]2CC[C@H](c3ccc(OCC)cc3)CC2)CC1. The summed E-state index contributed by atoms with van der Waals surface area (Å²) in [6.07, 6.45) is 12.9. The van der Waals surface area contributed by atoms with E-state index in [0.29, 0.717) is 18.8 Å². The quantitative estimate of drug-likeness (QED) is 0.383. The van der Waals surface area contributed by atoms with Gasteiger partial charge in [-0.2, -0.15) is 0 Å². The molecule has 0 N–H and O–H groups in total. The van der Waals surface area contributed by atoms with Gasteiger partial charge in [0.1, 0.15) is 11.9 Å². The number of esters is 1. The Balaban J connectivity index is 1.39. The Kier molecular flexibility index (Phi) is 8.00. The molecule has 0 heterocycles. The predicted molar refractivity (Wildman–Crippen MR) is 114 cm³/mol. The van der Waals surface area contributed by atoms with Gasteiger partial charge in [0, 0.05) is 6.42 Å². The van der Waals surface area contributed by atoms with E-state index in [1.807, 2.05) is 6.92 Å². The summed E-state index contributed by atoms with van der Waals surface area (Å²) in [5, 5.41) is 0. The van der Waals surface area contributed by atoms with Crippen LogP contribution in [-0.2, 0) is 9.53 Å². The third-order valence-corrected chi connectivity index (χ3v) is 6.67. The molecule has 2 fully saturated rings. The Morgan fingerprint density at radius 1 is 1.00 bits per heavy atom. The molecule has 3 nitrogen and oxygen atoms in total. The second-order valence-electron chi connectivity index (χ2n) is 8.47. The highest BCUT2D eigenvalue weighted by Crippen LogP contribution is 2.43. The number of hydrogen-bond donors (Lipinski definition) is 0. The highest BCUT2D eigenvalue weighted by Gasteiger charge is 2.32. The molecule has 0 bridgehead atoms. The Morgan fingerprint density at radius 2 is 1.61 bits per heavy atom. The number of carbonyl (C=O) groups is 1. The molecular weight excluding hydrogens is 348 g/mol. The zero-order valence-corrected chi connectivity index (χ0v) is 17.4. The van der Waals surface area contributed by atoms with Crippen LogP contribution in [0.2, 0.25) is 0 Å². The summed E-state index contributed by atoms with van der Waals surface area (Å²) in [5.41, 5.74) is 1.47. The molecule has 2 aliphatic rings. The fraction of sp³-hybridized carbons (Fsp3) is 0.640. The van der Waals surface area contributed by atoms with E-state index in [1.54, 1.807) is 6.08 Å². The number of hydrogen-bond acceptors (Lipinski definition) is 3. The van der Waals surface area contributed by atoms with Crippen LogP contribution in [0.5, 0.6) is 5.75 Å². The van der Waals surface area contributed by atoms with Crippen molar-refractivity contribution in [2.24, 2.45) is 11.8 Å². The van der Waals surface area contributed by atoms with Crippen molar-refractivity contribution in [3.8, 4) is 5.75 Å². The van der Waals surface area contributed by atoms with Crippen molar-refractivity contribution in [3.63, 3.8) is 0 Å². The van der Waals surface area contributed by atoms with Crippen LogP contribution in [0.1, 0.15) is 82.6 Å². The lowest BCUT2D eigenvalue weighted by atomic mass is 9.69. The largest absolute Gasteiger partial charge is 0.494 e. The van der Waals surface area contributed by atoms with Crippen LogP contribution in [0.4, 0.5) is 0 Å². The molecule has 2 saturated carbocycles. The van der Waals surface area contributed by atoms with Crippen LogP contribution >= 0.6 is 0 Å². The molecule has 1 aromatic rings. The van der Waals surface area contributed by atoms with E-state index in [0.717, 1.165) is 37.0 Å². The summed E-state index contributed by atoms with van der Waals surface area (Å²) in [7, 11) is 0. The molecule has 3 rings (SSSR count). The molecule has 3 heteroatoms. The van der Waals surface area contributed by atoms with Gasteiger partial charge < -0.3 is 9.47 Å². The summed E-state index contributed by atoms with van der Waals surface area (Å²) >= 11 is 0. The minimum Gasteiger partial charge on any atom is -0.494 e. The normalized spacial score (nSPS) is 27.8. The van der Waals surface area contributed by atoms with Crippen molar-refractivity contribution in [1.29, 1.82) is 0 Å². The van der Waals surface area contributed by atoms with Crippen LogP contribution in [0.15, 0.2) is 36.9 Å². The summed E-state index contributed by atoms with van der Waals surface area (Å²) in [6, 6.07) is 8.73. The summed E-state index contributed by atoms with van der Waals surface area (Å²) in [6.45, 7) is 6.41. The summed E-state index contributed by atoms with van der Waals surface area (Å²) in [4.78, 5) is 11.8. The van der Waals surface area contributed by atoms with E-state index in [9.17, 15) is 4.79 Å². The zero-order valence-electron chi connectivity index (χ0n) is 17.4. The second-order valence-corrected chi connectivity index (χ2v) is 8.47. The molecule has 154 valence electrons. The number of allylic oxidation sites excluding steroid dienone is 1. The summed E-state index contributed by atoms with van der Waals surface area (Å²) < 4.78 is 11.2. The van der Waals surface area contributed by atoms with Gasteiger partial charge >= 0.3 is 5.97 Å². The molecule has 0 saturated heterocycles. The van der Waals surface area contributed by atoms with Crippen molar-refractivity contribution in [2.75, 3.05) is 6.61 Å². The number of carbonyl (C=O) groups excluding carboxylic acids is 1. The van der Waals surface area contributed by atoms with Crippen molar-refractivity contribution >= 4 is 5.97 Å². The Bertz CT molecular complexity index is 605. The molecule has 2 aliphatic carbocycles. The van der Waals surface area contributed by atoms with Gasteiger partial charge in [0.05, 0.1) is 6.61 Å². The van der Waals surface area contributed by atoms with Crippen LogP contribution in [0.3, 0.4) is 0 Å². The standard InChI is InChI=1S/C25H36O3/c1-3-5-6-25(26)28-24-17-13-22(14-18-24)20-9-7-19(8-10-20)21-11-15-23(16-12-21)27-4-2/h3,11-12,15-16,19-20,22,24H,1,4-10,13-14,17-18H2,2H3/t19-,20-,22?,24?. The van der Waals surface area contributed by atoms with Gasteiger partial charge in [-0.3, -0.25) is 4.79 Å². The smallest absolute Gasteiger partial charge is 0.306 e. The minimum atomic E-state index is -0.0563. The monoisotopic (exact) mass is 384 g/mol. The maximum absolute atomic E-state index is 11.8. The summed E-state index contributed by atoms with van der Waals surface area (Å²) in [5.74, 6) is 3.30. The predicted octanol–water partition coefficient (Wildman–Crippen LogP) is 6.43. The molecule has 0 aromatic heterocycles. The third-order valence-electron chi connectivity index (χ3n) is 6.67. The lowest BCUT2D eigenvalue weighted by Gasteiger charge is -2.37. The molecule has 0 atom stereocenters. The average molecular weight is 385 g/mol. The van der Waals surface area contributed by atoms with Gasteiger partial charge in [-0.15, -0.1) is 6.58 Å². The molecular formula is C25H36O3. The Labute approximate surface area is 170 Å². The number of rotatable bonds is 8. The van der Waals surface area contributed by atoms with E-state index in [4.69, 9.17) is 9.47 Å². The van der Waals surface area contributed by atoms with Crippen LogP contribution < -0.4 is 4.74 Å². The molecule has 0 spiro atoms. The number of benzene rings is 1. The van der Waals surface area contributed by atoms with Gasteiger partial charge in [-0.25, -0.2) is 0 Å². The van der Waals surface area contributed by atoms with E-state index in [1.165, 1.54) is 44.1 Å². The molecule has 0 unspecified atom stereocenters. The maximum Gasteiger partial charge on any atom is 0.306 e. The van der Waals surface area contributed by atoms with Crippen LogP contribution in [-0.4, -0.2) is 18.7 Å².